The van der Waals surface area contributed by atoms with Crippen molar-refractivity contribution in [2.24, 2.45) is 0 Å². The summed E-state index contributed by atoms with van der Waals surface area (Å²) in [6, 6.07) is 7.11. The van der Waals surface area contributed by atoms with Crippen LogP contribution in [0.25, 0.3) is 0 Å². The standard InChI is InChI=1S/C15H18ClNO2/c1-4-9-17(3)14(10-12(2)18)11-19-15-7-5-13(16)6-8-15/h1,5-8,14H,9-11H2,2-3H3. The van der Waals surface area contributed by atoms with Crippen LogP contribution >= 0.6 is 11.6 Å². The largest absolute Gasteiger partial charge is 0.492 e. The van der Waals surface area contributed by atoms with Gasteiger partial charge in [-0.1, -0.05) is 17.5 Å². The molecule has 0 bridgehead atoms. The molecule has 0 aliphatic rings. The lowest BCUT2D eigenvalue weighted by Crippen LogP contribution is -2.38. The second-order valence-electron chi connectivity index (χ2n) is 4.44. The Bertz CT molecular complexity index is 450. The van der Waals surface area contributed by atoms with Crippen LogP contribution in [0.5, 0.6) is 5.75 Å². The van der Waals surface area contributed by atoms with E-state index in [1.807, 2.05) is 11.9 Å². The molecule has 0 fully saturated rings. The summed E-state index contributed by atoms with van der Waals surface area (Å²) in [5.74, 6) is 3.42. The van der Waals surface area contributed by atoms with E-state index in [0.717, 1.165) is 5.75 Å². The summed E-state index contributed by atoms with van der Waals surface area (Å²) >= 11 is 5.80. The maximum Gasteiger partial charge on any atom is 0.131 e. The zero-order chi connectivity index (χ0) is 14.3. The van der Waals surface area contributed by atoms with Gasteiger partial charge in [0.15, 0.2) is 0 Å². The molecule has 0 saturated heterocycles. The van der Waals surface area contributed by atoms with Crippen molar-refractivity contribution in [3.63, 3.8) is 0 Å². The van der Waals surface area contributed by atoms with Crippen LogP contribution in [0.4, 0.5) is 0 Å². The van der Waals surface area contributed by atoms with E-state index in [2.05, 4.69) is 5.92 Å². The lowest BCUT2D eigenvalue weighted by atomic mass is 10.1. The molecular weight excluding hydrogens is 262 g/mol. The quantitative estimate of drug-likeness (QED) is 0.719. The molecule has 0 aliphatic carbocycles. The van der Waals surface area contributed by atoms with E-state index in [0.29, 0.717) is 24.6 Å². The first-order chi connectivity index (χ1) is 9.02. The number of hydrogen-bond acceptors (Lipinski definition) is 3. The van der Waals surface area contributed by atoms with E-state index in [-0.39, 0.29) is 11.8 Å². The smallest absolute Gasteiger partial charge is 0.131 e. The van der Waals surface area contributed by atoms with Crippen LogP contribution in [0.1, 0.15) is 13.3 Å². The van der Waals surface area contributed by atoms with Gasteiger partial charge in [-0.2, -0.15) is 0 Å². The molecule has 1 atom stereocenters. The predicted octanol–water partition coefficient (Wildman–Crippen LogP) is 2.63. The molecule has 1 aromatic carbocycles. The lowest BCUT2D eigenvalue weighted by Gasteiger charge is -2.25. The van der Waals surface area contributed by atoms with Gasteiger partial charge < -0.3 is 4.74 Å². The van der Waals surface area contributed by atoms with Crippen molar-refractivity contribution in [1.82, 2.24) is 4.90 Å². The number of carbonyl (C=O) groups is 1. The molecule has 4 heteroatoms. The van der Waals surface area contributed by atoms with E-state index >= 15 is 0 Å². The van der Waals surface area contributed by atoms with Crippen LogP contribution in [-0.2, 0) is 4.79 Å². The number of Topliss-reactive ketones (excluding diaryl/α,β-unsaturated/α-hetero) is 1. The van der Waals surface area contributed by atoms with Crippen molar-refractivity contribution in [1.29, 1.82) is 0 Å². The SMILES string of the molecule is C#CCN(C)C(COc1ccc(Cl)cc1)CC(C)=O. The minimum Gasteiger partial charge on any atom is -0.492 e. The molecule has 0 radical (unpaired) electrons. The number of ketones is 1. The summed E-state index contributed by atoms with van der Waals surface area (Å²) in [4.78, 5) is 13.2. The van der Waals surface area contributed by atoms with Crippen LogP contribution in [0, 0.1) is 12.3 Å². The lowest BCUT2D eigenvalue weighted by molar-refractivity contribution is -0.118. The average Bonchev–Trinajstić information content (AvgIpc) is 2.36. The molecule has 1 aromatic rings. The molecule has 0 aromatic heterocycles. The number of ether oxygens (including phenoxy) is 1. The maximum absolute atomic E-state index is 11.3. The van der Waals surface area contributed by atoms with Gasteiger partial charge in [0.05, 0.1) is 12.6 Å². The van der Waals surface area contributed by atoms with Gasteiger partial charge in [0.1, 0.15) is 18.1 Å². The Balaban J connectivity index is 2.59. The molecule has 0 aliphatic heterocycles. The molecule has 19 heavy (non-hydrogen) atoms. The number of benzene rings is 1. The topological polar surface area (TPSA) is 29.5 Å². The van der Waals surface area contributed by atoms with Gasteiger partial charge in [-0.15, -0.1) is 6.42 Å². The Labute approximate surface area is 119 Å². The third-order valence-corrected chi connectivity index (χ3v) is 3.00. The van der Waals surface area contributed by atoms with Crippen LogP contribution in [0.2, 0.25) is 5.02 Å². The second kappa shape index (κ2) is 7.83. The van der Waals surface area contributed by atoms with E-state index in [9.17, 15) is 4.79 Å². The molecule has 1 unspecified atom stereocenters. The Hall–Kier alpha value is -1.50. The number of terminal acetylenes is 1. The van der Waals surface area contributed by atoms with Crippen molar-refractivity contribution >= 4 is 17.4 Å². The van der Waals surface area contributed by atoms with Crippen molar-refractivity contribution in [2.45, 2.75) is 19.4 Å². The van der Waals surface area contributed by atoms with E-state index in [4.69, 9.17) is 22.8 Å². The normalized spacial score (nSPS) is 11.9. The summed E-state index contributed by atoms with van der Waals surface area (Å²) in [5.41, 5.74) is 0. The summed E-state index contributed by atoms with van der Waals surface area (Å²) < 4.78 is 5.67. The summed E-state index contributed by atoms with van der Waals surface area (Å²) in [5, 5.41) is 0.664. The zero-order valence-electron chi connectivity index (χ0n) is 11.2. The molecule has 0 saturated carbocycles. The third kappa shape index (κ3) is 5.78. The molecule has 1 rings (SSSR count). The first-order valence-corrected chi connectivity index (χ1v) is 6.42. The van der Waals surface area contributed by atoms with Gasteiger partial charge in [0, 0.05) is 11.4 Å². The molecule has 0 heterocycles. The fourth-order valence-corrected chi connectivity index (χ4v) is 1.80. The number of hydrogen-bond donors (Lipinski definition) is 0. The average molecular weight is 280 g/mol. The van der Waals surface area contributed by atoms with Gasteiger partial charge in [-0.3, -0.25) is 9.69 Å². The molecule has 0 amide bonds. The number of carbonyl (C=O) groups excluding carboxylic acids is 1. The summed E-state index contributed by atoms with van der Waals surface area (Å²) in [6.07, 6.45) is 5.71. The van der Waals surface area contributed by atoms with E-state index in [1.54, 1.807) is 31.2 Å². The second-order valence-corrected chi connectivity index (χ2v) is 4.88. The molecule has 3 nitrogen and oxygen atoms in total. The highest BCUT2D eigenvalue weighted by Gasteiger charge is 2.17. The third-order valence-electron chi connectivity index (χ3n) is 2.74. The predicted molar refractivity (Wildman–Crippen MR) is 77.5 cm³/mol. The van der Waals surface area contributed by atoms with Gasteiger partial charge in [0.25, 0.3) is 0 Å². The minimum atomic E-state index is -0.0239. The van der Waals surface area contributed by atoms with Crippen molar-refractivity contribution in [3.05, 3.63) is 29.3 Å². The fraction of sp³-hybridized carbons (Fsp3) is 0.400. The van der Waals surface area contributed by atoms with Gasteiger partial charge in [-0.05, 0) is 38.2 Å². The van der Waals surface area contributed by atoms with Crippen LogP contribution in [0.3, 0.4) is 0 Å². The molecule has 0 N–H and O–H groups in total. The number of nitrogens with zero attached hydrogens (tertiary/aromatic N) is 1. The van der Waals surface area contributed by atoms with Gasteiger partial charge in [-0.25, -0.2) is 0 Å². The van der Waals surface area contributed by atoms with Crippen molar-refractivity contribution in [3.8, 4) is 18.1 Å². The summed E-state index contributed by atoms with van der Waals surface area (Å²) in [6.45, 7) is 2.47. The summed E-state index contributed by atoms with van der Waals surface area (Å²) in [7, 11) is 1.89. The van der Waals surface area contributed by atoms with Crippen LogP contribution in [-0.4, -0.2) is 36.9 Å². The number of rotatable bonds is 7. The Morgan fingerprint density at radius 3 is 2.63 bits per heavy atom. The van der Waals surface area contributed by atoms with Gasteiger partial charge in [0.2, 0.25) is 0 Å². The Morgan fingerprint density at radius 2 is 2.11 bits per heavy atom. The maximum atomic E-state index is 11.3. The van der Waals surface area contributed by atoms with Gasteiger partial charge >= 0.3 is 0 Å². The highest BCUT2D eigenvalue weighted by atomic mass is 35.5. The van der Waals surface area contributed by atoms with Crippen LogP contribution in [0.15, 0.2) is 24.3 Å². The zero-order valence-corrected chi connectivity index (χ0v) is 12.0. The Morgan fingerprint density at radius 1 is 1.47 bits per heavy atom. The highest BCUT2D eigenvalue weighted by molar-refractivity contribution is 6.30. The molecular formula is C15H18ClNO2. The number of halogens is 1. The molecule has 102 valence electrons. The van der Waals surface area contributed by atoms with Crippen molar-refractivity contribution < 1.29 is 9.53 Å². The number of likely N-dealkylation sites (N-methyl/N-ethyl adjacent to an activating group) is 1. The van der Waals surface area contributed by atoms with E-state index in [1.165, 1.54) is 0 Å². The molecule has 0 spiro atoms. The highest BCUT2D eigenvalue weighted by Crippen LogP contribution is 2.16. The van der Waals surface area contributed by atoms with Crippen LogP contribution < -0.4 is 4.74 Å². The monoisotopic (exact) mass is 279 g/mol. The van der Waals surface area contributed by atoms with E-state index < -0.39 is 0 Å². The Kier molecular flexibility index (Phi) is 6.41. The minimum absolute atomic E-state index is 0.0239. The fourth-order valence-electron chi connectivity index (χ4n) is 1.67. The van der Waals surface area contributed by atoms with Crippen molar-refractivity contribution in [2.75, 3.05) is 20.2 Å². The first-order valence-electron chi connectivity index (χ1n) is 6.04. The first kappa shape index (κ1) is 15.6.